The first-order chi connectivity index (χ1) is 13.2. The van der Waals surface area contributed by atoms with Gasteiger partial charge in [0.2, 0.25) is 5.91 Å². The molecule has 2 N–H and O–H groups in total. The van der Waals surface area contributed by atoms with Gasteiger partial charge in [-0.1, -0.05) is 49.4 Å². The van der Waals surface area contributed by atoms with Gasteiger partial charge < -0.3 is 15.4 Å². The molecule has 27 heavy (non-hydrogen) atoms. The number of ether oxygens (including phenoxy) is 1. The molecule has 4 nitrogen and oxygen atoms in total. The number of hydrogen-bond acceptors (Lipinski definition) is 3. The summed E-state index contributed by atoms with van der Waals surface area (Å²) in [6.07, 6.45) is 3.05. The molecule has 1 aliphatic rings. The third kappa shape index (κ3) is 6.40. The molecule has 1 fully saturated rings. The second-order valence-electron chi connectivity index (χ2n) is 7.48. The third-order valence-corrected chi connectivity index (χ3v) is 5.31. The first-order valence-corrected chi connectivity index (χ1v) is 9.94. The fourth-order valence-corrected chi connectivity index (χ4v) is 3.54. The molecule has 0 radical (unpaired) electrons. The Morgan fingerprint density at radius 3 is 2.63 bits per heavy atom. The summed E-state index contributed by atoms with van der Waals surface area (Å²) in [5.74, 6) is 2.02. The SMILES string of the molecule is CC(CC(=O)NCc1ccc(OCc2ccccc2)cc1)C1CCCNC1. The van der Waals surface area contributed by atoms with E-state index in [0.29, 0.717) is 31.4 Å². The Labute approximate surface area is 162 Å². The van der Waals surface area contributed by atoms with Gasteiger partial charge in [0.25, 0.3) is 0 Å². The average molecular weight is 367 g/mol. The standard InChI is InChI=1S/C23H30N2O2/c1-18(21-8-5-13-24-16-21)14-23(26)25-15-19-9-11-22(12-10-19)27-17-20-6-3-2-4-7-20/h2-4,6-7,9-12,18,21,24H,5,8,13-17H2,1H3,(H,25,26). The summed E-state index contributed by atoms with van der Waals surface area (Å²) in [5, 5.41) is 6.48. The van der Waals surface area contributed by atoms with Crippen LogP contribution in [0.1, 0.15) is 37.3 Å². The molecule has 0 saturated carbocycles. The van der Waals surface area contributed by atoms with E-state index in [9.17, 15) is 4.79 Å². The van der Waals surface area contributed by atoms with Gasteiger partial charge in [0.1, 0.15) is 12.4 Å². The van der Waals surface area contributed by atoms with E-state index in [2.05, 4.69) is 17.6 Å². The van der Waals surface area contributed by atoms with Gasteiger partial charge in [-0.15, -0.1) is 0 Å². The lowest BCUT2D eigenvalue weighted by Crippen LogP contribution is -2.35. The maximum Gasteiger partial charge on any atom is 0.220 e. The van der Waals surface area contributed by atoms with Crippen molar-refractivity contribution in [2.75, 3.05) is 13.1 Å². The van der Waals surface area contributed by atoms with E-state index in [4.69, 9.17) is 4.74 Å². The molecule has 0 aliphatic carbocycles. The minimum absolute atomic E-state index is 0.137. The molecule has 1 heterocycles. The third-order valence-electron chi connectivity index (χ3n) is 5.31. The minimum atomic E-state index is 0.137. The molecule has 144 valence electrons. The maximum absolute atomic E-state index is 12.2. The number of rotatable bonds is 8. The van der Waals surface area contributed by atoms with Crippen LogP contribution in [0.3, 0.4) is 0 Å². The van der Waals surface area contributed by atoms with Crippen molar-refractivity contribution in [1.29, 1.82) is 0 Å². The van der Waals surface area contributed by atoms with Crippen molar-refractivity contribution in [3.8, 4) is 5.75 Å². The van der Waals surface area contributed by atoms with Crippen molar-refractivity contribution >= 4 is 5.91 Å². The van der Waals surface area contributed by atoms with Gasteiger partial charge in [0.05, 0.1) is 0 Å². The summed E-state index contributed by atoms with van der Waals surface area (Å²) in [5.41, 5.74) is 2.23. The quantitative estimate of drug-likeness (QED) is 0.745. The van der Waals surface area contributed by atoms with Gasteiger partial charge in [0.15, 0.2) is 0 Å². The summed E-state index contributed by atoms with van der Waals surface area (Å²) in [6, 6.07) is 18.1. The Balaban J connectivity index is 1.39. The lowest BCUT2D eigenvalue weighted by molar-refractivity contribution is -0.122. The average Bonchev–Trinajstić information content (AvgIpc) is 2.73. The minimum Gasteiger partial charge on any atom is -0.489 e. The Morgan fingerprint density at radius 1 is 1.15 bits per heavy atom. The zero-order valence-electron chi connectivity index (χ0n) is 16.1. The van der Waals surface area contributed by atoms with Gasteiger partial charge in [0, 0.05) is 13.0 Å². The van der Waals surface area contributed by atoms with E-state index in [1.54, 1.807) is 0 Å². The van der Waals surface area contributed by atoms with Crippen LogP contribution >= 0.6 is 0 Å². The lowest BCUT2D eigenvalue weighted by atomic mass is 9.85. The molecule has 4 heteroatoms. The largest absolute Gasteiger partial charge is 0.489 e. The van der Waals surface area contributed by atoms with E-state index in [1.807, 2.05) is 54.6 Å². The van der Waals surface area contributed by atoms with Crippen LogP contribution in [0.5, 0.6) is 5.75 Å². The highest BCUT2D eigenvalue weighted by Crippen LogP contribution is 2.22. The number of nitrogens with one attached hydrogen (secondary N) is 2. The van der Waals surface area contributed by atoms with Crippen LogP contribution in [0.15, 0.2) is 54.6 Å². The Bertz CT molecular complexity index is 694. The Morgan fingerprint density at radius 2 is 1.93 bits per heavy atom. The van der Waals surface area contributed by atoms with Gasteiger partial charge in [-0.2, -0.15) is 0 Å². The lowest BCUT2D eigenvalue weighted by Gasteiger charge is -2.28. The number of piperidine rings is 1. The highest BCUT2D eigenvalue weighted by molar-refractivity contribution is 5.76. The van der Waals surface area contributed by atoms with E-state index < -0.39 is 0 Å². The molecule has 2 unspecified atom stereocenters. The predicted octanol–water partition coefficient (Wildman–Crippen LogP) is 3.91. The number of amides is 1. The number of benzene rings is 2. The van der Waals surface area contributed by atoms with Crippen LogP contribution in [-0.2, 0) is 17.9 Å². The number of hydrogen-bond donors (Lipinski definition) is 2. The molecular formula is C23H30N2O2. The molecular weight excluding hydrogens is 336 g/mol. The van der Waals surface area contributed by atoms with Crippen LogP contribution in [0, 0.1) is 11.8 Å². The van der Waals surface area contributed by atoms with Crippen LogP contribution in [0.2, 0.25) is 0 Å². The van der Waals surface area contributed by atoms with Gasteiger partial charge in [-0.3, -0.25) is 4.79 Å². The van der Waals surface area contributed by atoms with Crippen molar-refractivity contribution < 1.29 is 9.53 Å². The zero-order valence-corrected chi connectivity index (χ0v) is 16.1. The Hall–Kier alpha value is -2.33. The van der Waals surface area contributed by atoms with Gasteiger partial charge >= 0.3 is 0 Å². The molecule has 1 saturated heterocycles. The summed E-state index contributed by atoms with van der Waals surface area (Å²) in [7, 11) is 0. The van der Waals surface area contributed by atoms with Crippen molar-refractivity contribution in [2.45, 2.75) is 39.3 Å². The predicted molar refractivity (Wildman–Crippen MR) is 108 cm³/mol. The maximum atomic E-state index is 12.2. The summed E-state index contributed by atoms with van der Waals surface area (Å²) >= 11 is 0. The molecule has 1 aliphatic heterocycles. The van der Waals surface area contributed by atoms with Crippen molar-refractivity contribution in [3.05, 3.63) is 65.7 Å². The molecule has 2 atom stereocenters. The van der Waals surface area contributed by atoms with Crippen molar-refractivity contribution in [1.82, 2.24) is 10.6 Å². The molecule has 0 spiro atoms. The highest BCUT2D eigenvalue weighted by atomic mass is 16.5. The number of carbonyl (C=O) groups is 1. The first-order valence-electron chi connectivity index (χ1n) is 9.94. The smallest absolute Gasteiger partial charge is 0.220 e. The van der Waals surface area contributed by atoms with Crippen LogP contribution in [0.4, 0.5) is 0 Å². The van der Waals surface area contributed by atoms with Gasteiger partial charge in [-0.25, -0.2) is 0 Å². The normalized spacial score (nSPS) is 17.9. The van der Waals surface area contributed by atoms with Crippen molar-refractivity contribution in [2.24, 2.45) is 11.8 Å². The van der Waals surface area contributed by atoms with E-state index in [1.165, 1.54) is 12.8 Å². The second-order valence-corrected chi connectivity index (χ2v) is 7.48. The molecule has 2 aromatic carbocycles. The molecule has 1 amide bonds. The van der Waals surface area contributed by atoms with E-state index in [-0.39, 0.29) is 5.91 Å². The molecule has 3 rings (SSSR count). The second kappa shape index (κ2) is 10.1. The Kier molecular flexibility index (Phi) is 7.28. The fraction of sp³-hybridized carbons (Fsp3) is 0.435. The summed E-state index contributed by atoms with van der Waals surface area (Å²) in [6.45, 7) is 5.47. The molecule has 2 aromatic rings. The summed E-state index contributed by atoms with van der Waals surface area (Å²) in [4.78, 5) is 12.2. The van der Waals surface area contributed by atoms with Crippen molar-refractivity contribution in [3.63, 3.8) is 0 Å². The van der Waals surface area contributed by atoms with Crippen LogP contribution in [0.25, 0.3) is 0 Å². The van der Waals surface area contributed by atoms with Crippen LogP contribution in [-0.4, -0.2) is 19.0 Å². The zero-order chi connectivity index (χ0) is 18.9. The monoisotopic (exact) mass is 366 g/mol. The molecule has 0 aromatic heterocycles. The number of carbonyl (C=O) groups excluding carboxylic acids is 1. The van der Waals surface area contributed by atoms with E-state index >= 15 is 0 Å². The highest BCUT2D eigenvalue weighted by Gasteiger charge is 2.21. The first kappa shape index (κ1) is 19.4. The fourth-order valence-electron chi connectivity index (χ4n) is 3.54. The topological polar surface area (TPSA) is 50.4 Å². The van der Waals surface area contributed by atoms with Crippen LogP contribution < -0.4 is 15.4 Å². The van der Waals surface area contributed by atoms with Gasteiger partial charge in [-0.05, 0) is 61.0 Å². The summed E-state index contributed by atoms with van der Waals surface area (Å²) < 4.78 is 5.80. The molecule has 0 bridgehead atoms. The van der Waals surface area contributed by atoms with E-state index in [0.717, 1.165) is 30.0 Å².